The molecule has 0 amide bonds. The molecule has 0 aromatic rings. The number of ether oxygens (including phenoxy) is 1. The van der Waals surface area contributed by atoms with Gasteiger partial charge >= 0.3 is 5.97 Å². The predicted octanol–water partition coefficient (Wildman–Crippen LogP) is -1.05. The van der Waals surface area contributed by atoms with Gasteiger partial charge in [-0.15, -0.1) is 0 Å². The lowest BCUT2D eigenvalue weighted by atomic mass is 10.1. The Bertz CT molecular complexity index is 462. The molecule has 0 aromatic carbocycles. The minimum absolute atomic E-state index is 0.0227. The summed E-state index contributed by atoms with van der Waals surface area (Å²) in [5.74, 6) is -1.68. The van der Waals surface area contributed by atoms with Crippen molar-refractivity contribution in [2.75, 3.05) is 46.4 Å². The molecular formula is C12H23N3O5S. The molecule has 0 bridgehead atoms. The smallest absolute Gasteiger partial charge is 0.309 e. The van der Waals surface area contributed by atoms with Crippen LogP contribution >= 0.6 is 0 Å². The highest BCUT2D eigenvalue weighted by Crippen LogP contribution is 2.20. The van der Waals surface area contributed by atoms with Crippen molar-refractivity contribution in [2.45, 2.75) is 18.9 Å². The first-order valence-electron chi connectivity index (χ1n) is 7.16. The maximum atomic E-state index is 12.6. The van der Waals surface area contributed by atoms with Crippen LogP contribution in [0.3, 0.4) is 0 Å². The van der Waals surface area contributed by atoms with E-state index in [0.717, 1.165) is 0 Å². The number of carboxylic acids is 1. The molecular weight excluding hydrogens is 298 g/mol. The predicted molar refractivity (Wildman–Crippen MR) is 76.1 cm³/mol. The number of nitrogens with one attached hydrogen (secondary N) is 1. The van der Waals surface area contributed by atoms with E-state index in [-0.39, 0.29) is 12.6 Å². The van der Waals surface area contributed by atoms with Gasteiger partial charge in [-0.3, -0.25) is 4.79 Å². The van der Waals surface area contributed by atoms with Crippen LogP contribution in [-0.4, -0.2) is 80.6 Å². The quantitative estimate of drug-likeness (QED) is 0.685. The van der Waals surface area contributed by atoms with Gasteiger partial charge in [0, 0.05) is 46.4 Å². The van der Waals surface area contributed by atoms with Crippen molar-refractivity contribution in [1.29, 1.82) is 0 Å². The second kappa shape index (κ2) is 7.01. The summed E-state index contributed by atoms with van der Waals surface area (Å²) in [4.78, 5) is 11.1. The van der Waals surface area contributed by atoms with Crippen LogP contribution in [0.15, 0.2) is 0 Å². The van der Waals surface area contributed by atoms with Gasteiger partial charge < -0.3 is 15.2 Å². The molecule has 0 radical (unpaired) electrons. The van der Waals surface area contributed by atoms with Crippen molar-refractivity contribution in [3.63, 3.8) is 0 Å². The standard InChI is InChI=1S/C12H23N3O5S/c1-20-11-2-5-14(6-3-11)21(18,19)15-7-4-13-8-10(9-15)12(16)17/h10-11,13H,2-9H2,1H3,(H,16,17). The fourth-order valence-electron chi connectivity index (χ4n) is 2.72. The summed E-state index contributed by atoms with van der Waals surface area (Å²) in [6.07, 6.45) is 1.45. The third-order valence-corrected chi connectivity index (χ3v) is 6.09. The van der Waals surface area contributed by atoms with Crippen LogP contribution in [0, 0.1) is 5.92 Å². The summed E-state index contributed by atoms with van der Waals surface area (Å²) < 4.78 is 33.3. The number of nitrogens with zero attached hydrogens (tertiary/aromatic N) is 2. The van der Waals surface area contributed by atoms with Crippen LogP contribution in [0.2, 0.25) is 0 Å². The Morgan fingerprint density at radius 1 is 1.24 bits per heavy atom. The molecule has 0 aromatic heterocycles. The molecule has 122 valence electrons. The fraction of sp³-hybridized carbons (Fsp3) is 0.917. The first-order chi connectivity index (χ1) is 9.95. The van der Waals surface area contributed by atoms with Crippen molar-refractivity contribution in [3.05, 3.63) is 0 Å². The summed E-state index contributed by atoms with van der Waals surface area (Å²) in [7, 11) is -1.97. The van der Waals surface area contributed by atoms with E-state index in [4.69, 9.17) is 9.84 Å². The van der Waals surface area contributed by atoms with Crippen molar-refractivity contribution in [2.24, 2.45) is 5.92 Å². The molecule has 2 rings (SSSR count). The van der Waals surface area contributed by atoms with Crippen molar-refractivity contribution in [1.82, 2.24) is 13.9 Å². The normalized spacial score (nSPS) is 27.4. The lowest BCUT2D eigenvalue weighted by Gasteiger charge is -2.34. The van der Waals surface area contributed by atoms with Crippen LogP contribution in [0.4, 0.5) is 0 Å². The number of hydrogen-bond donors (Lipinski definition) is 2. The van der Waals surface area contributed by atoms with E-state index in [1.165, 1.54) is 8.61 Å². The third-order valence-electron chi connectivity index (χ3n) is 4.09. The SMILES string of the molecule is COC1CCN(S(=O)(=O)N2CCNCC(C(=O)O)C2)CC1. The topological polar surface area (TPSA) is 99.2 Å². The van der Waals surface area contributed by atoms with E-state index in [2.05, 4.69) is 5.32 Å². The largest absolute Gasteiger partial charge is 0.481 e. The summed E-state index contributed by atoms with van der Waals surface area (Å²) in [5.41, 5.74) is 0. The van der Waals surface area contributed by atoms with E-state index in [0.29, 0.717) is 45.6 Å². The Morgan fingerprint density at radius 2 is 1.90 bits per heavy atom. The van der Waals surface area contributed by atoms with Crippen LogP contribution < -0.4 is 5.32 Å². The number of hydrogen-bond acceptors (Lipinski definition) is 5. The molecule has 9 heteroatoms. The van der Waals surface area contributed by atoms with Gasteiger partial charge in [-0.1, -0.05) is 0 Å². The highest BCUT2D eigenvalue weighted by molar-refractivity contribution is 7.86. The zero-order valence-corrected chi connectivity index (χ0v) is 13.0. The minimum atomic E-state index is -3.60. The molecule has 0 saturated carbocycles. The maximum absolute atomic E-state index is 12.6. The van der Waals surface area contributed by atoms with E-state index in [1.807, 2.05) is 0 Å². The van der Waals surface area contributed by atoms with Crippen molar-refractivity contribution < 1.29 is 23.1 Å². The Labute approximate surface area is 125 Å². The van der Waals surface area contributed by atoms with Crippen LogP contribution in [-0.2, 0) is 19.7 Å². The Hall–Kier alpha value is -0.740. The van der Waals surface area contributed by atoms with Crippen LogP contribution in [0.25, 0.3) is 0 Å². The van der Waals surface area contributed by atoms with E-state index in [9.17, 15) is 13.2 Å². The fourth-order valence-corrected chi connectivity index (χ4v) is 4.41. The Balaban J connectivity index is 2.05. The molecule has 2 saturated heterocycles. The second-order valence-corrected chi connectivity index (χ2v) is 7.37. The molecule has 2 aliphatic rings. The lowest BCUT2D eigenvalue weighted by Crippen LogP contribution is -2.50. The van der Waals surface area contributed by atoms with Crippen LogP contribution in [0.5, 0.6) is 0 Å². The minimum Gasteiger partial charge on any atom is -0.481 e. The molecule has 2 fully saturated rings. The Morgan fingerprint density at radius 3 is 2.48 bits per heavy atom. The summed E-state index contributed by atoms with van der Waals surface area (Å²) in [6.45, 7) is 1.93. The van der Waals surface area contributed by atoms with E-state index < -0.39 is 22.1 Å². The van der Waals surface area contributed by atoms with Gasteiger partial charge in [-0.2, -0.15) is 17.0 Å². The van der Waals surface area contributed by atoms with Gasteiger partial charge in [-0.25, -0.2) is 0 Å². The first-order valence-corrected chi connectivity index (χ1v) is 8.56. The molecule has 2 heterocycles. The molecule has 8 nitrogen and oxygen atoms in total. The van der Waals surface area contributed by atoms with Crippen LogP contribution in [0.1, 0.15) is 12.8 Å². The zero-order valence-electron chi connectivity index (χ0n) is 12.2. The average Bonchev–Trinajstić information content (AvgIpc) is 2.74. The van der Waals surface area contributed by atoms with Gasteiger partial charge in [0.1, 0.15) is 0 Å². The molecule has 0 spiro atoms. The molecule has 0 aliphatic carbocycles. The highest BCUT2D eigenvalue weighted by atomic mass is 32.2. The number of carbonyl (C=O) groups is 1. The highest BCUT2D eigenvalue weighted by Gasteiger charge is 2.36. The average molecular weight is 321 g/mol. The molecule has 1 unspecified atom stereocenters. The van der Waals surface area contributed by atoms with E-state index in [1.54, 1.807) is 7.11 Å². The zero-order chi connectivity index (χ0) is 15.5. The molecule has 1 atom stereocenters. The van der Waals surface area contributed by atoms with Gasteiger partial charge in [0.15, 0.2) is 0 Å². The first kappa shape index (κ1) is 16.6. The Kier molecular flexibility index (Phi) is 5.55. The number of rotatable bonds is 4. The summed E-state index contributed by atoms with van der Waals surface area (Å²) >= 11 is 0. The van der Waals surface area contributed by atoms with Gasteiger partial charge in [0.2, 0.25) is 0 Å². The monoisotopic (exact) mass is 321 g/mol. The third kappa shape index (κ3) is 3.92. The maximum Gasteiger partial charge on any atom is 0.309 e. The van der Waals surface area contributed by atoms with Gasteiger partial charge in [-0.05, 0) is 12.8 Å². The number of aliphatic carboxylic acids is 1. The number of methoxy groups -OCH3 is 1. The number of carboxylic acid groups (broad SMARTS) is 1. The van der Waals surface area contributed by atoms with E-state index >= 15 is 0 Å². The molecule has 2 aliphatic heterocycles. The summed E-state index contributed by atoms with van der Waals surface area (Å²) in [5, 5.41) is 12.1. The van der Waals surface area contributed by atoms with Crippen molar-refractivity contribution in [3.8, 4) is 0 Å². The van der Waals surface area contributed by atoms with Gasteiger partial charge in [0.25, 0.3) is 10.2 Å². The van der Waals surface area contributed by atoms with Gasteiger partial charge in [0.05, 0.1) is 12.0 Å². The molecule has 21 heavy (non-hydrogen) atoms. The summed E-state index contributed by atoms with van der Waals surface area (Å²) in [6, 6.07) is 0. The second-order valence-electron chi connectivity index (χ2n) is 5.44. The number of piperidine rings is 1. The molecule has 2 N–H and O–H groups in total. The van der Waals surface area contributed by atoms with Crippen molar-refractivity contribution >= 4 is 16.2 Å². The lowest BCUT2D eigenvalue weighted by molar-refractivity contribution is -0.141.